The maximum atomic E-state index is 12.7. The van der Waals surface area contributed by atoms with Crippen molar-refractivity contribution in [1.29, 1.82) is 0 Å². The van der Waals surface area contributed by atoms with Crippen molar-refractivity contribution in [1.82, 2.24) is 14.8 Å². The van der Waals surface area contributed by atoms with Crippen molar-refractivity contribution in [3.8, 4) is 0 Å². The Balaban J connectivity index is 2.42. The molecule has 0 spiro atoms. The van der Waals surface area contributed by atoms with Crippen LogP contribution < -0.4 is 16.4 Å². The highest BCUT2D eigenvalue weighted by Gasteiger charge is 2.22. The van der Waals surface area contributed by atoms with E-state index in [0.717, 1.165) is 5.56 Å². The minimum Gasteiger partial charge on any atom is -0.378 e. The van der Waals surface area contributed by atoms with Gasteiger partial charge in [-0.25, -0.2) is 4.68 Å². The summed E-state index contributed by atoms with van der Waals surface area (Å²) in [4.78, 5) is 21.7. The number of nitrogens with one attached hydrogen (secondary N) is 2. The summed E-state index contributed by atoms with van der Waals surface area (Å²) in [7, 11) is 1.48. The van der Waals surface area contributed by atoms with Gasteiger partial charge < -0.3 is 5.32 Å². The van der Waals surface area contributed by atoms with Gasteiger partial charge in [-0.15, -0.1) is 0 Å². The van der Waals surface area contributed by atoms with E-state index in [2.05, 4.69) is 20.9 Å². The van der Waals surface area contributed by atoms with Crippen LogP contribution in [-0.4, -0.2) is 21.9 Å². The lowest BCUT2D eigenvalue weighted by Crippen LogP contribution is -2.38. The monoisotopic (exact) mass is 317 g/mol. The van der Waals surface area contributed by atoms with E-state index in [4.69, 9.17) is 4.84 Å². The molecule has 0 saturated carbocycles. The highest BCUT2D eigenvalue weighted by Crippen LogP contribution is 2.23. The average Bonchev–Trinajstić information content (AvgIpc) is 2.50. The van der Waals surface area contributed by atoms with Crippen molar-refractivity contribution in [2.75, 3.05) is 17.9 Å². The Kier molecular flexibility index (Phi) is 5.00. The van der Waals surface area contributed by atoms with Gasteiger partial charge in [0.25, 0.3) is 5.56 Å². The lowest BCUT2D eigenvalue weighted by molar-refractivity contribution is 0.267. The Bertz CT molecular complexity index is 720. The molecule has 2 heterocycles. The molecule has 0 unspecified atom stereocenters. The van der Waals surface area contributed by atoms with Gasteiger partial charge in [0.05, 0.1) is 24.0 Å². The number of pyridine rings is 1. The van der Waals surface area contributed by atoms with Gasteiger partial charge in [0, 0.05) is 18.9 Å². The summed E-state index contributed by atoms with van der Waals surface area (Å²) >= 11 is 0. The lowest BCUT2D eigenvalue weighted by atomic mass is 10.1. The molecule has 0 aromatic carbocycles. The zero-order chi connectivity index (χ0) is 17.0. The molecule has 0 amide bonds. The van der Waals surface area contributed by atoms with Gasteiger partial charge in [-0.1, -0.05) is 0 Å². The van der Waals surface area contributed by atoms with Gasteiger partial charge >= 0.3 is 0 Å². The smallest absolute Gasteiger partial charge is 0.295 e. The van der Waals surface area contributed by atoms with Gasteiger partial charge in [0.2, 0.25) is 0 Å². The third-order valence-electron chi connectivity index (χ3n) is 3.33. The van der Waals surface area contributed by atoms with Crippen LogP contribution in [0.15, 0.2) is 29.3 Å². The molecule has 0 fully saturated rings. The number of hydrogen-bond donors (Lipinski definition) is 2. The number of anilines is 2. The Hall–Kier alpha value is -2.41. The Morgan fingerprint density at radius 3 is 2.43 bits per heavy atom. The molecule has 0 aliphatic carbocycles. The molecule has 2 aromatic heterocycles. The number of hydrogen-bond acceptors (Lipinski definition) is 6. The molecule has 0 aliphatic heterocycles. The summed E-state index contributed by atoms with van der Waals surface area (Å²) < 4.78 is 1.46. The summed E-state index contributed by atoms with van der Waals surface area (Å²) in [6.45, 7) is 8.21. The van der Waals surface area contributed by atoms with E-state index in [1.54, 1.807) is 12.4 Å². The third kappa shape index (κ3) is 3.87. The SMILES string of the molecule is CONc1c(NCc2ccncc2)c(C)nn(C(C)(C)C)c1=O. The lowest BCUT2D eigenvalue weighted by Gasteiger charge is -2.24. The first kappa shape index (κ1) is 17.0. The highest BCUT2D eigenvalue weighted by atomic mass is 16.6. The molecule has 2 rings (SSSR count). The molecule has 7 nitrogen and oxygen atoms in total. The predicted octanol–water partition coefficient (Wildman–Crippen LogP) is 2.29. The molecule has 0 saturated heterocycles. The first-order valence-electron chi connectivity index (χ1n) is 7.40. The van der Waals surface area contributed by atoms with Crippen molar-refractivity contribution in [2.45, 2.75) is 39.8 Å². The van der Waals surface area contributed by atoms with Crippen LogP contribution in [0.2, 0.25) is 0 Å². The summed E-state index contributed by atoms with van der Waals surface area (Å²) in [6, 6.07) is 3.82. The second-order valence-corrected chi connectivity index (χ2v) is 6.24. The van der Waals surface area contributed by atoms with E-state index < -0.39 is 5.54 Å². The van der Waals surface area contributed by atoms with Crippen LogP contribution in [0.5, 0.6) is 0 Å². The third-order valence-corrected chi connectivity index (χ3v) is 3.33. The predicted molar refractivity (Wildman–Crippen MR) is 90.4 cm³/mol. The fraction of sp³-hybridized carbons (Fsp3) is 0.438. The van der Waals surface area contributed by atoms with Crippen molar-refractivity contribution >= 4 is 11.4 Å². The standard InChI is InChI=1S/C16H23N5O2/c1-11-13(18-10-12-6-8-17-9-7-12)14(20-23-5)15(22)21(19-11)16(2,3)4/h6-9,18,20H,10H2,1-5H3. The molecule has 23 heavy (non-hydrogen) atoms. The van der Waals surface area contributed by atoms with Crippen molar-refractivity contribution in [3.63, 3.8) is 0 Å². The number of aromatic nitrogens is 3. The summed E-state index contributed by atoms with van der Waals surface area (Å²) in [5.74, 6) is 0. The van der Waals surface area contributed by atoms with Crippen molar-refractivity contribution < 1.29 is 4.84 Å². The fourth-order valence-electron chi connectivity index (χ4n) is 2.20. The van der Waals surface area contributed by atoms with E-state index in [0.29, 0.717) is 23.6 Å². The minimum absolute atomic E-state index is 0.234. The van der Waals surface area contributed by atoms with Crippen LogP contribution in [0, 0.1) is 6.92 Å². The second-order valence-electron chi connectivity index (χ2n) is 6.24. The first-order valence-corrected chi connectivity index (χ1v) is 7.40. The maximum absolute atomic E-state index is 12.7. The van der Waals surface area contributed by atoms with Crippen LogP contribution in [0.3, 0.4) is 0 Å². The van der Waals surface area contributed by atoms with E-state index in [-0.39, 0.29) is 5.56 Å². The van der Waals surface area contributed by atoms with E-state index in [1.165, 1.54) is 11.8 Å². The minimum atomic E-state index is -0.421. The number of rotatable bonds is 5. The van der Waals surface area contributed by atoms with Crippen LogP contribution >= 0.6 is 0 Å². The molecule has 0 atom stereocenters. The quantitative estimate of drug-likeness (QED) is 0.824. The zero-order valence-electron chi connectivity index (χ0n) is 14.2. The van der Waals surface area contributed by atoms with E-state index in [9.17, 15) is 4.79 Å². The summed E-state index contributed by atoms with van der Waals surface area (Å²) in [5.41, 5.74) is 4.79. The maximum Gasteiger partial charge on any atom is 0.295 e. The van der Waals surface area contributed by atoms with Gasteiger partial charge in [0.15, 0.2) is 5.69 Å². The fourth-order valence-corrected chi connectivity index (χ4v) is 2.20. The van der Waals surface area contributed by atoms with Gasteiger partial charge in [-0.05, 0) is 45.4 Å². The number of nitrogens with zero attached hydrogens (tertiary/aromatic N) is 3. The first-order chi connectivity index (χ1) is 10.8. The summed E-state index contributed by atoms with van der Waals surface area (Å²) in [6.07, 6.45) is 3.46. The highest BCUT2D eigenvalue weighted by molar-refractivity contribution is 5.68. The normalized spacial score (nSPS) is 11.3. The average molecular weight is 317 g/mol. The molecule has 0 bridgehead atoms. The van der Waals surface area contributed by atoms with E-state index in [1.807, 2.05) is 39.8 Å². The van der Waals surface area contributed by atoms with Crippen LogP contribution in [0.25, 0.3) is 0 Å². The van der Waals surface area contributed by atoms with Crippen LogP contribution in [-0.2, 0) is 16.9 Å². The molecular weight excluding hydrogens is 294 g/mol. The van der Waals surface area contributed by atoms with Crippen LogP contribution in [0.4, 0.5) is 11.4 Å². The van der Waals surface area contributed by atoms with Crippen LogP contribution in [0.1, 0.15) is 32.0 Å². The molecule has 2 N–H and O–H groups in total. The van der Waals surface area contributed by atoms with Gasteiger partial charge in [0.1, 0.15) is 0 Å². The van der Waals surface area contributed by atoms with Crippen molar-refractivity contribution in [3.05, 3.63) is 46.1 Å². The topological polar surface area (TPSA) is 81.1 Å². The molecule has 2 aromatic rings. The molecule has 7 heteroatoms. The Morgan fingerprint density at radius 2 is 1.87 bits per heavy atom. The molecule has 0 radical (unpaired) electrons. The van der Waals surface area contributed by atoms with Gasteiger partial charge in [-0.3, -0.25) is 20.1 Å². The Morgan fingerprint density at radius 1 is 1.22 bits per heavy atom. The molecular formula is C16H23N5O2. The van der Waals surface area contributed by atoms with Gasteiger partial charge in [-0.2, -0.15) is 5.10 Å². The number of aryl methyl sites for hydroxylation is 1. The molecule has 124 valence electrons. The van der Waals surface area contributed by atoms with Crippen molar-refractivity contribution in [2.24, 2.45) is 0 Å². The summed E-state index contributed by atoms with van der Waals surface area (Å²) in [5, 5.41) is 7.69. The largest absolute Gasteiger partial charge is 0.378 e. The zero-order valence-corrected chi connectivity index (χ0v) is 14.2. The van der Waals surface area contributed by atoms with E-state index >= 15 is 0 Å². The molecule has 0 aliphatic rings. The Labute approximate surface area is 135 Å². The second kappa shape index (κ2) is 6.78.